The first-order valence-electron chi connectivity index (χ1n) is 12.9. The molecule has 2 aromatic carbocycles. The minimum Gasteiger partial charge on any atom is -0.490 e. The average Bonchev–Trinajstić information content (AvgIpc) is 2.91. The third-order valence-corrected chi connectivity index (χ3v) is 6.99. The van der Waals surface area contributed by atoms with Gasteiger partial charge in [0.15, 0.2) is 11.5 Å². The first kappa shape index (κ1) is 26.2. The molecule has 2 saturated heterocycles. The van der Waals surface area contributed by atoms with Crippen molar-refractivity contribution in [3.8, 4) is 11.5 Å². The molecule has 11 heteroatoms. The van der Waals surface area contributed by atoms with E-state index in [1.165, 1.54) is 18.5 Å². The molecule has 2 aliphatic rings. The second-order valence-corrected chi connectivity index (χ2v) is 9.85. The lowest BCUT2D eigenvalue weighted by molar-refractivity contribution is -0.0117. The van der Waals surface area contributed by atoms with Gasteiger partial charge in [-0.05, 0) is 38.1 Å². The summed E-state index contributed by atoms with van der Waals surface area (Å²) in [5.74, 6) is 1.22. The van der Waals surface area contributed by atoms with E-state index in [0.29, 0.717) is 80.8 Å². The largest absolute Gasteiger partial charge is 0.490 e. The number of nitrogens with zero attached hydrogens (tertiary/aromatic N) is 4. The van der Waals surface area contributed by atoms with Crippen molar-refractivity contribution >= 4 is 40.0 Å². The van der Waals surface area contributed by atoms with E-state index in [2.05, 4.69) is 15.3 Å². The molecule has 0 bridgehead atoms. The lowest BCUT2D eigenvalue weighted by Gasteiger charge is -2.38. The third kappa shape index (κ3) is 5.86. The van der Waals surface area contributed by atoms with Crippen LogP contribution in [0.25, 0.3) is 10.9 Å². The molecule has 9 nitrogen and oxygen atoms in total. The molecule has 2 amide bonds. The molecule has 5 rings (SSSR count). The summed E-state index contributed by atoms with van der Waals surface area (Å²) in [5.41, 5.74) is 1.27. The number of amides is 2. The number of ether oxygens (including phenoxy) is 3. The summed E-state index contributed by atoms with van der Waals surface area (Å²) >= 11 is 5.95. The van der Waals surface area contributed by atoms with Crippen LogP contribution in [0, 0.1) is 5.82 Å². The van der Waals surface area contributed by atoms with Crippen LogP contribution in [0.15, 0.2) is 36.7 Å². The van der Waals surface area contributed by atoms with Crippen LogP contribution in [0.1, 0.15) is 26.7 Å². The zero-order chi connectivity index (χ0) is 26.6. The van der Waals surface area contributed by atoms with Gasteiger partial charge in [0, 0.05) is 56.2 Å². The molecule has 3 heterocycles. The third-order valence-electron chi connectivity index (χ3n) is 6.70. The number of hydrogen-bond donors (Lipinski definition) is 1. The molecule has 1 unspecified atom stereocenters. The second-order valence-electron chi connectivity index (χ2n) is 9.44. The fourth-order valence-corrected chi connectivity index (χ4v) is 4.95. The quantitative estimate of drug-likeness (QED) is 0.454. The topological polar surface area (TPSA) is 89.1 Å². The van der Waals surface area contributed by atoms with Crippen molar-refractivity contribution in [3.63, 3.8) is 0 Å². The summed E-state index contributed by atoms with van der Waals surface area (Å²) in [6, 6.07) is 8.15. The maximum atomic E-state index is 13.6. The number of anilines is 2. The van der Waals surface area contributed by atoms with Gasteiger partial charge in [0.05, 0.1) is 29.9 Å². The Labute approximate surface area is 225 Å². The Morgan fingerprint density at radius 2 is 1.97 bits per heavy atom. The van der Waals surface area contributed by atoms with Gasteiger partial charge >= 0.3 is 6.03 Å². The first-order valence-corrected chi connectivity index (χ1v) is 13.2. The second kappa shape index (κ2) is 11.6. The molecular weight excluding hydrogens is 513 g/mol. The minimum atomic E-state index is -0.492. The van der Waals surface area contributed by atoms with Crippen molar-refractivity contribution in [2.75, 3.05) is 44.7 Å². The van der Waals surface area contributed by atoms with Gasteiger partial charge in [0.25, 0.3) is 0 Å². The molecule has 38 heavy (non-hydrogen) atoms. The number of morpholine rings is 1. The number of benzene rings is 2. The summed E-state index contributed by atoms with van der Waals surface area (Å²) in [5, 5.41) is 3.93. The number of aromatic nitrogens is 2. The lowest BCUT2D eigenvalue weighted by atomic mass is 10.1. The van der Waals surface area contributed by atoms with E-state index < -0.39 is 5.82 Å². The van der Waals surface area contributed by atoms with E-state index >= 15 is 0 Å². The Kier molecular flexibility index (Phi) is 7.99. The van der Waals surface area contributed by atoms with Crippen molar-refractivity contribution in [3.05, 3.63) is 47.5 Å². The molecule has 1 N–H and O–H groups in total. The van der Waals surface area contributed by atoms with Crippen LogP contribution in [-0.2, 0) is 4.74 Å². The number of piperidine rings is 1. The Hall–Kier alpha value is -3.37. The Bertz CT molecular complexity index is 1300. The zero-order valence-corrected chi connectivity index (χ0v) is 22.2. The number of halogens is 2. The van der Waals surface area contributed by atoms with Crippen molar-refractivity contribution < 1.29 is 23.4 Å². The number of carbonyl (C=O) groups is 1. The van der Waals surface area contributed by atoms with Gasteiger partial charge in [0.1, 0.15) is 24.1 Å². The number of rotatable bonds is 6. The van der Waals surface area contributed by atoms with Gasteiger partial charge < -0.3 is 29.3 Å². The van der Waals surface area contributed by atoms with Gasteiger partial charge in [0.2, 0.25) is 0 Å². The number of carbonyl (C=O) groups excluding carboxylic acids is 1. The summed E-state index contributed by atoms with van der Waals surface area (Å²) in [7, 11) is 0. The number of fused-ring (bicyclic) bond motifs is 1. The summed E-state index contributed by atoms with van der Waals surface area (Å²) in [6.45, 7) is 7.42. The minimum absolute atomic E-state index is 0.0176. The smallest absolute Gasteiger partial charge is 0.320 e. The molecule has 0 saturated carbocycles. The van der Waals surface area contributed by atoms with E-state index in [0.717, 1.165) is 5.39 Å². The van der Waals surface area contributed by atoms with Crippen LogP contribution in [0.5, 0.6) is 11.5 Å². The van der Waals surface area contributed by atoms with Gasteiger partial charge in [-0.25, -0.2) is 19.2 Å². The van der Waals surface area contributed by atoms with Crippen molar-refractivity contribution in [1.82, 2.24) is 19.8 Å². The van der Waals surface area contributed by atoms with Crippen molar-refractivity contribution in [2.45, 2.75) is 38.9 Å². The van der Waals surface area contributed by atoms with E-state index in [9.17, 15) is 9.18 Å². The molecule has 0 spiro atoms. The van der Waals surface area contributed by atoms with Crippen LogP contribution >= 0.6 is 11.6 Å². The molecule has 0 radical (unpaired) electrons. The van der Waals surface area contributed by atoms with Gasteiger partial charge in [-0.15, -0.1) is 0 Å². The van der Waals surface area contributed by atoms with E-state index in [-0.39, 0.29) is 23.3 Å². The monoisotopic (exact) mass is 543 g/mol. The molecule has 1 atom stereocenters. The zero-order valence-electron chi connectivity index (χ0n) is 21.5. The van der Waals surface area contributed by atoms with Crippen molar-refractivity contribution in [1.29, 1.82) is 0 Å². The summed E-state index contributed by atoms with van der Waals surface area (Å²) < 4.78 is 31.5. The molecule has 3 aromatic rings. The molecule has 2 fully saturated rings. The van der Waals surface area contributed by atoms with Gasteiger partial charge in [-0.1, -0.05) is 11.6 Å². The molecule has 202 valence electrons. The van der Waals surface area contributed by atoms with E-state index in [1.807, 2.05) is 35.8 Å². The normalized spacial score (nSPS) is 18.5. The lowest BCUT2D eigenvalue weighted by Crippen LogP contribution is -2.52. The van der Waals surface area contributed by atoms with Crippen LogP contribution in [0.2, 0.25) is 5.02 Å². The number of nitrogens with one attached hydrogen (secondary N) is 1. The number of urea groups is 1. The summed E-state index contributed by atoms with van der Waals surface area (Å²) in [4.78, 5) is 25.5. The Morgan fingerprint density at radius 1 is 1.16 bits per heavy atom. The predicted octanol–water partition coefficient (Wildman–Crippen LogP) is 5.25. The van der Waals surface area contributed by atoms with Gasteiger partial charge in [-0.2, -0.15) is 0 Å². The SMILES string of the molecule is CCOc1cc2ncnc(Nc3ccc(F)c(Cl)c3)c2cc1OC1CCN(C(=O)N2CCOC(C)C2)CC1. The fraction of sp³-hybridized carbons (Fsp3) is 0.444. The highest BCUT2D eigenvalue weighted by molar-refractivity contribution is 6.31. The maximum Gasteiger partial charge on any atom is 0.320 e. The molecule has 2 aliphatic heterocycles. The number of hydrogen-bond acceptors (Lipinski definition) is 7. The number of likely N-dealkylation sites (tertiary alicyclic amines) is 1. The maximum absolute atomic E-state index is 13.6. The van der Waals surface area contributed by atoms with Crippen LogP contribution in [-0.4, -0.2) is 77.4 Å². The summed E-state index contributed by atoms with van der Waals surface area (Å²) in [6.07, 6.45) is 2.85. The predicted molar refractivity (Wildman–Crippen MR) is 143 cm³/mol. The Balaban J connectivity index is 1.32. The van der Waals surface area contributed by atoms with Crippen LogP contribution < -0.4 is 14.8 Å². The fourth-order valence-electron chi connectivity index (χ4n) is 4.77. The van der Waals surface area contributed by atoms with Crippen molar-refractivity contribution in [2.24, 2.45) is 0 Å². The van der Waals surface area contributed by atoms with Crippen LogP contribution in [0.4, 0.5) is 20.7 Å². The van der Waals surface area contributed by atoms with Crippen LogP contribution in [0.3, 0.4) is 0 Å². The Morgan fingerprint density at radius 3 is 2.71 bits per heavy atom. The highest BCUT2D eigenvalue weighted by Crippen LogP contribution is 2.37. The standard InChI is InChI=1S/C27H31ClFN5O4/c1-3-36-24-14-23-20(26(31-16-30-23)32-18-4-5-22(29)21(28)12-18)13-25(24)38-19-6-8-33(9-7-19)27(35)34-10-11-37-17(2)15-34/h4-5,12-14,16-17,19H,3,6-11,15H2,1-2H3,(H,30,31,32). The average molecular weight is 544 g/mol. The first-order chi connectivity index (χ1) is 18.4. The van der Waals surface area contributed by atoms with E-state index in [4.69, 9.17) is 25.8 Å². The van der Waals surface area contributed by atoms with Gasteiger partial charge in [-0.3, -0.25) is 0 Å². The molecule has 1 aromatic heterocycles. The highest BCUT2D eigenvalue weighted by Gasteiger charge is 2.30. The highest BCUT2D eigenvalue weighted by atomic mass is 35.5. The van der Waals surface area contributed by atoms with E-state index in [1.54, 1.807) is 6.07 Å². The molecule has 0 aliphatic carbocycles. The molecular formula is C27H31ClFN5O4.